The number of hydrogen-bond donors (Lipinski definition) is 0. The lowest BCUT2D eigenvalue weighted by Crippen LogP contribution is -2.32. The maximum Gasteiger partial charge on any atom is 0.224 e. The average molecular weight is 320 g/mol. The minimum absolute atomic E-state index is 0.0822. The van der Waals surface area contributed by atoms with Gasteiger partial charge in [0, 0.05) is 0 Å². The first-order valence-electron chi connectivity index (χ1n) is 7.56. The van der Waals surface area contributed by atoms with Crippen LogP contribution in [0.4, 0.5) is 8.78 Å². The highest BCUT2D eigenvalue weighted by Gasteiger charge is 2.26. The molecule has 5 nitrogen and oxygen atoms in total. The Labute approximate surface area is 132 Å². The van der Waals surface area contributed by atoms with Crippen molar-refractivity contribution in [1.29, 1.82) is 0 Å². The minimum Gasteiger partial charge on any atom is -0.306 e. The molecule has 0 aromatic carbocycles. The third-order valence-electron chi connectivity index (χ3n) is 4.28. The number of piperidine rings is 1. The van der Waals surface area contributed by atoms with Gasteiger partial charge in [0.2, 0.25) is 11.9 Å². The van der Waals surface area contributed by atoms with Crippen LogP contribution in [0.3, 0.4) is 0 Å². The summed E-state index contributed by atoms with van der Waals surface area (Å²) in [6, 6.07) is 2.49. The van der Waals surface area contributed by atoms with E-state index in [-0.39, 0.29) is 17.4 Å². The molecule has 0 bridgehead atoms. The SMILES string of the molecule is CC(=O)c1cnn(C2CCN(C)CC2)c1-c1ccc(F)nc1F. The van der Waals surface area contributed by atoms with E-state index in [9.17, 15) is 13.6 Å². The van der Waals surface area contributed by atoms with E-state index in [2.05, 4.69) is 15.0 Å². The van der Waals surface area contributed by atoms with E-state index < -0.39 is 11.9 Å². The van der Waals surface area contributed by atoms with Gasteiger partial charge in [0.15, 0.2) is 5.78 Å². The molecule has 2 aromatic heterocycles. The topological polar surface area (TPSA) is 51.0 Å². The number of pyridine rings is 1. The molecule has 0 unspecified atom stereocenters. The standard InChI is InChI=1S/C16H18F2N4O/c1-10(23)13-9-19-22(11-5-7-21(2)8-6-11)15(13)12-3-4-14(17)20-16(12)18/h3-4,9,11H,5-8H2,1-2H3. The van der Waals surface area contributed by atoms with E-state index in [0.717, 1.165) is 32.0 Å². The van der Waals surface area contributed by atoms with E-state index in [0.29, 0.717) is 11.3 Å². The fraction of sp³-hybridized carbons (Fsp3) is 0.438. The third-order valence-corrected chi connectivity index (χ3v) is 4.28. The maximum absolute atomic E-state index is 14.2. The Morgan fingerprint density at radius 2 is 1.96 bits per heavy atom. The minimum atomic E-state index is -0.929. The molecule has 0 N–H and O–H groups in total. The molecular formula is C16H18F2N4O. The number of halogens is 2. The molecule has 0 saturated carbocycles. The number of carbonyl (C=O) groups is 1. The first kappa shape index (κ1) is 15.7. The summed E-state index contributed by atoms with van der Waals surface area (Å²) >= 11 is 0. The molecule has 0 amide bonds. The van der Waals surface area contributed by atoms with Crippen molar-refractivity contribution in [3.63, 3.8) is 0 Å². The summed E-state index contributed by atoms with van der Waals surface area (Å²) in [4.78, 5) is 17.3. The van der Waals surface area contributed by atoms with Crippen LogP contribution in [0.1, 0.15) is 36.2 Å². The van der Waals surface area contributed by atoms with Crippen molar-refractivity contribution in [3.8, 4) is 11.3 Å². The van der Waals surface area contributed by atoms with E-state index >= 15 is 0 Å². The quantitative estimate of drug-likeness (QED) is 0.644. The van der Waals surface area contributed by atoms with E-state index in [4.69, 9.17) is 0 Å². The summed E-state index contributed by atoms with van der Waals surface area (Å²) in [5.74, 6) is -2.02. The van der Waals surface area contributed by atoms with Crippen LogP contribution in [0.5, 0.6) is 0 Å². The number of Topliss-reactive ketones (excluding diaryl/α,β-unsaturated/α-hetero) is 1. The van der Waals surface area contributed by atoms with Gasteiger partial charge in [-0.2, -0.15) is 18.9 Å². The molecule has 3 heterocycles. The molecule has 0 spiro atoms. The zero-order valence-corrected chi connectivity index (χ0v) is 13.1. The van der Waals surface area contributed by atoms with Gasteiger partial charge in [-0.15, -0.1) is 0 Å². The molecule has 1 saturated heterocycles. The molecule has 1 aliphatic rings. The van der Waals surface area contributed by atoms with Gasteiger partial charge in [-0.1, -0.05) is 0 Å². The van der Waals surface area contributed by atoms with Gasteiger partial charge < -0.3 is 4.90 Å². The van der Waals surface area contributed by atoms with Crippen LogP contribution >= 0.6 is 0 Å². The second kappa shape index (κ2) is 6.16. The number of likely N-dealkylation sites (tertiary alicyclic amines) is 1. The normalized spacial score (nSPS) is 16.7. The number of rotatable bonds is 3. The van der Waals surface area contributed by atoms with Crippen molar-refractivity contribution in [1.82, 2.24) is 19.7 Å². The van der Waals surface area contributed by atoms with E-state index in [1.54, 1.807) is 4.68 Å². The molecule has 3 rings (SSSR count). The lowest BCUT2D eigenvalue weighted by molar-refractivity contribution is 0.101. The molecule has 1 aliphatic heterocycles. The third kappa shape index (κ3) is 3.01. The van der Waals surface area contributed by atoms with Crippen molar-refractivity contribution in [2.75, 3.05) is 20.1 Å². The second-order valence-electron chi connectivity index (χ2n) is 5.91. The first-order valence-corrected chi connectivity index (χ1v) is 7.56. The molecule has 0 aliphatic carbocycles. The average Bonchev–Trinajstić information content (AvgIpc) is 2.93. The molecule has 122 valence electrons. The monoisotopic (exact) mass is 320 g/mol. The Kier molecular flexibility index (Phi) is 4.21. The van der Waals surface area contributed by atoms with Crippen molar-refractivity contribution in [3.05, 3.63) is 35.8 Å². The van der Waals surface area contributed by atoms with Gasteiger partial charge in [0.25, 0.3) is 0 Å². The summed E-state index contributed by atoms with van der Waals surface area (Å²) in [6.45, 7) is 3.22. The number of hydrogen-bond acceptors (Lipinski definition) is 4. The molecule has 7 heteroatoms. The highest BCUT2D eigenvalue weighted by Crippen LogP contribution is 2.32. The van der Waals surface area contributed by atoms with Crippen molar-refractivity contribution >= 4 is 5.78 Å². The van der Waals surface area contributed by atoms with Gasteiger partial charge in [0.1, 0.15) is 0 Å². The summed E-state index contributed by atoms with van der Waals surface area (Å²) in [5.41, 5.74) is 0.821. The lowest BCUT2D eigenvalue weighted by Gasteiger charge is -2.30. The fourth-order valence-corrected chi connectivity index (χ4v) is 2.99. The van der Waals surface area contributed by atoms with Crippen LogP contribution in [-0.2, 0) is 0 Å². The molecule has 0 radical (unpaired) electrons. The van der Waals surface area contributed by atoms with Gasteiger partial charge in [-0.3, -0.25) is 9.48 Å². The Bertz CT molecular complexity index is 736. The van der Waals surface area contributed by atoms with Crippen molar-refractivity contribution < 1.29 is 13.6 Å². The van der Waals surface area contributed by atoms with Crippen LogP contribution < -0.4 is 0 Å². The highest BCUT2D eigenvalue weighted by molar-refractivity contribution is 5.99. The van der Waals surface area contributed by atoms with Gasteiger partial charge in [-0.05, 0) is 52.0 Å². The Morgan fingerprint density at radius 3 is 2.57 bits per heavy atom. The predicted molar refractivity (Wildman–Crippen MR) is 81.1 cm³/mol. The van der Waals surface area contributed by atoms with Crippen LogP contribution in [0.2, 0.25) is 0 Å². The molecule has 0 atom stereocenters. The van der Waals surface area contributed by atoms with Crippen molar-refractivity contribution in [2.45, 2.75) is 25.8 Å². The maximum atomic E-state index is 14.2. The van der Waals surface area contributed by atoms with Gasteiger partial charge in [0.05, 0.1) is 29.1 Å². The highest BCUT2D eigenvalue weighted by atomic mass is 19.1. The Balaban J connectivity index is 2.09. The summed E-state index contributed by atoms with van der Waals surface area (Å²) in [5, 5.41) is 4.32. The number of aromatic nitrogens is 3. The van der Waals surface area contributed by atoms with E-state index in [1.165, 1.54) is 19.2 Å². The lowest BCUT2D eigenvalue weighted by atomic mass is 10.0. The fourth-order valence-electron chi connectivity index (χ4n) is 2.99. The molecule has 1 fully saturated rings. The van der Waals surface area contributed by atoms with Crippen molar-refractivity contribution in [2.24, 2.45) is 0 Å². The summed E-state index contributed by atoms with van der Waals surface area (Å²) in [7, 11) is 2.05. The first-order chi connectivity index (χ1) is 11.0. The number of carbonyl (C=O) groups excluding carboxylic acids is 1. The summed E-state index contributed by atoms with van der Waals surface area (Å²) < 4.78 is 29.0. The van der Waals surface area contributed by atoms with Crippen LogP contribution in [0.15, 0.2) is 18.3 Å². The predicted octanol–water partition coefficient (Wildman–Crippen LogP) is 2.69. The smallest absolute Gasteiger partial charge is 0.224 e. The van der Waals surface area contributed by atoms with E-state index in [1.807, 2.05) is 7.05 Å². The molecule has 23 heavy (non-hydrogen) atoms. The summed E-state index contributed by atoms with van der Waals surface area (Å²) in [6.07, 6.45) is 3.18. The second-order valence-corrected chi connectivity index (χ2v) is 5.91. The number of nitrogens with zero attached hydrogens (tertiary/aromatic N) is 4. The Hall–Kier alpha value is -2.15. The largest absolute Gasteiger partial charge is 0.306 e. The Morgan fingerprint density at radius 1 is 1.26 bits per heavy atom. The van der Waals surface area contributed by atoms with Crippen LogP contribution in [-0.4, -0.2) is 45.6 Å². The van der Waals surface area contributed by atoms with Crippen LogP contribution in [0.25, 0.3) is 11.3 Å². The molecular weight excluding hydrogens is 302 g/mol. The van der Waals surface area contributed by atoms with Crippen LogP contribution in [0, 0.1) is 11.9 Å². The zero-order chi connectivity index (χ0) is 16.6. The zero-order valence-electron chi connectivity index (χ0n) is 13.1. The van der Waals surface area contributed by atoms with Gasteiger partial charge >= 0.3 is 0 Å². The van der Waals surface area contributed by atoms with Gasteiger partial charge in [-0.25, -0.2) is 0 Å². The number of ketones is 1. The molecule has 2 aromatic rings.